The maximum atomic E-state index is 14.0. The molecule has 1 nitrogen and oxygen atoms in total. The summed E-state index contributed by atoms with van der Waals surface area (Å²) in [5, 5.41) is 0.809. The minimum absolute atomic E-state index is 0.267. The van der Waals surface area contributed by atoms with E-state index in [1.165, 1.54) is 0 Å². The van der Waals surface area contributed by atoms with E-state index in [-0.39, 0.29) is 11.7 Å². The van der Waals surface area contributed by atoms with Gasteiger partial charge in [-0.1, -0.05) is 25.4 Å². The Hall–Kier alpha value is -0.670. The van der Waals surface area contributed by atoms with Gasteiger partial charge in [0.05, 0.1) is 20.4 Å². The predicted octanol–water partition coefficient (Wildman–Crippen LogP) is 5.22. The summed E-state index contributed by atoms with van der Waals surface area (Å²) in [6.07, 6.45) is 0. The van der Waals surface area contributed by atoms with Gasteiger partial charge in [-0.05, 0) is 46.5 Å². The lowest BCUT2D eigenvalue weighted by atomic mass is 10.1. The molecule has 0 unspecified atom stereocenters. The van der Waals surface area contributed by atoms with Gasteiger partial charge in [-0.3, -0.25) is 4.98 Å². The molecule has 1 heterocycles. The van der Waals surface area contributed by atoms with Crippen molar-refractivity contribution in [1.82, 2.24) is 4.98 Å². The third kappa shape index (κ3) is 2.18. The van der Waals surface area contributed by atoms with Gasteiger partial charge in [-0.15, -0.1) is 0 Å². The van der Waals surface area contributed by atoms with E-state index >= 15 is 0 Å². The Labute approximate surface area is 113 Å². The van der Waals surface area contributed by atoms with Gasteiger partial charge < -0.3 is 0 Å². The molecular weight excluding hydrogens is 305 g/mol. The first-order valence-electron chi connectivity index (χ1n) is 5.36. The van der Waals surface area contributed by atoms with Crippen molar-refractivity contribution in [3.05, 3.63) is 38.7 Å². The molecule has 17 heavy (non-hydrogen) atoms. The molecule has 0 saturated heterocycles. The Morgan fingerprint density at radius 1 is 1.35 bits per heavy atom. The summed E-state index contributed by atoms with van der Waals surface area (Å²) in [6, 6.07) is 3.47. The summed E-state index contributed by atoms with van der Waals surface area (Å²) in [5.41, 5.74) is 2.44. The molecule has 0 aliphatic rings. The largest absolute Gasteiger partial charge is 0.252 e. The fourth-order valence-corrected chi connectivity index (χ4v) is 2.59. The molecule has 0 N–H and O–H groups in total. The maximum absolute atomic E-state index is 14.0. The lowest BCUT2D eigenvalue weighted by Gasteiger charge is -2.11. The summed E-state index contributed by atoms with van der Waals surface area (Å²) >= 11 is 9.34. The lowest BCUT2D eigenvalue weighted by molar-refractivity contribution is 0.632. The molecule has 0 spiro atoms. The molecule has 2 rings (SSSR count). The minimum Gasteiger partial charge on any atom is -0.252 e. The van der Waals surface area contributed by atoms with Gasteiger partial charge >= 0.3 is 0 Å². The molecule has 0 aliphatic heterocycles. The van der Waals surface area contributed by atoms with Gasteiger partial charge in [0.25, 0.3) is 0 Å². The first-order chi connectivity index (χ1) is 7.91. The number of halogens is 3. The predicted molar refractivity (Wildman–Crippen MR) is 73.2 cm³/mol. The SMILES string of the molecule is Cc1cc(Br)c(F)c2c(Cl)cc(C(C)C)nc12. The lowest BCUT2D eigenvalue weighted by Crippen LogP contribution is -1.97. The van der Waals surface area contributed by atoms with Gasteiger partial charge in [0.2, 0.25) is 0 Å². The number of benzene rings is 1. The van der Waals surface area contributed by atoms with E-state index < -0.39 is 0 Å². The van der Waals surface area contributed by atoms with Crippen LogP contribution in [0.5, 0.6) is 0 Å². The Bertz CT molecular complexity index is 596. The summed E-state index contributed by atoms with van der Waals surface area (Å²) in [7, 11) is 0. The molecule has 1 aromatic carbocycles. The highest BCUT2D eigenvalue weighted by Crippen LogP contribution is 2.33. The van der Waals surface area contributed by atoms with E-state index in [1.807, 2.05) is 20.8 Å². The average molecular weight is 317 g/mol. The van der Waals surface area contributed by atoms with Gasteiger partial charge in [-0.25, -0.2) is 4.39 Å². The highest BCUT2D eigenvalue weighted by atomic mass is 79.9. The van der Waals surface area contributed by atoms with E-state index in [4.69, 9.17) is 11.6 Å². The third-order valence-electron chi connectivity index (χ3n) is 2.73. The van der Waals surface area contributed by atoms with Crippen LogP contribution in [0.25, 0.3) is 10.9 Å². The zero-order valence-corrected chi connectivity index (χ0v) is 12.2. The second kappa shape index (κ2) is 4.54. The fourth-order valence-electron chi connectivity index (χ4n) is 1.76. The van der Waals surface area contributed by atoms with E-state index in [0.717, 1.165) is 11.3 Å². The smallest absolute Gasteiger partial charge is 0.148 e. The van der Waals surface area contributed by atoms with E-state index in [0.29, 0.717) is 20.4 Å². The van der Waals surface area contributed by atoms with E-state index in [9.17, 15) is 4.39 Å². The number of aryl methyl sites for hydroxylation is 1. The third-order valence-corrected chi connectivity index (χ3v) is 3.60. The zero-order valence-electron chi connectivity index (χ0n) is 9.81. The van der Waals surface area contributed by atoms with Crippen molar-refractivity contribution in [2.24, 2.45) is 0 Å². The van der Waals surface area contributed by atoms with Crippen LogP contribution in [0.15, 0.2) is 16.6 Å². The number of fused-ring (bicyclic) bond motifs is 1. The van der Waals surface area contributed by atoms with Crippen molar-refractivity contribution >= 4 is 38.4 Å². The molecule has 2 aromatic rings. The molecule has 0 amide bonds. The first kappa shape index (κ1) is 12.8. The van der Waals surface area contributed by atoms with E-state index in [1.54, 1.807) is 12.1 Å². The van der Waals surface area contributed by atoms with Crippen LogP contribution >= 0.6 is 27.5 Å². The number of rotatable bonds is 1. The number of nitrogens with zero attached hydrogens (tertiary/aromatic N) is 1. The molecule has 0 bridgehead atoms. The van der Waals surface area contributed by atoms with Crippen LogP contribution in [-0.4, -0.2) is 4.98 Å². The molecule has 0 aliphatic carbocycles. The summed E-state index contributed by atoms with van der Waals surface area (Å²) in [6.45, 7) is 5.98. The van der Waals surface area contributed by atoms with Crippen LogP contribution in [0, 0.1) is 12.7 Å². The van der Waals surface area contributed by atoms with Gasteiger partial charge in [0.1, 0.15) is 5.82 Å². The van der Waals surface area contributed by atoms with Crippen LogP contribution in [0.2, 0.25) is 5.02 Å². The van der Waals surface area contributed by atoms with Gasteiger partial charge in [0.15, 0.2) is 0 Å². The highest BCUT2D eigenvalue weighted by Gasteiger charge is 2.15. The van der Waals surface area contributed by atoms with Crippen molar-refractivity contribution in [2.45, 2.75) is 26.7 Å². The van der Waals surface area contributed by atoms with Gasteiger partial charge in [0, 0.05) is 5.69 Å². The van der Waals surface area contributed by atoms with Crippen molar-refractivity contribution in [3.63, 3.8) is 0 Å². The molecule has 1 aromatic heterocycles. The number of hydrogen-bond donors (Lipinski definition) is 0. The van der Waals surface area contributed by atoms with Crippen LogP contribution in [0.4, 0.5) is 4.39 Å². The monoisotopic (exact) mass is 315 g/mol. The normalized spacial score (nSPS) is 11.5. The van der Waals surface area contributed by atoms with Gasteiger partial charge in [-0.2, -0.15) is 0 Å². The molecule has 0 fully saturated rings. The topological polar surface area (TPSA) is 12.9 Å². The van der Waals surface area contributed by atoms with Crippen molar-refractivity contribution in [2.75, 3.05) is 0 Å². The number of hydrogen-bond acceptors (Lipinski definition) is 1. The molecule has 90 valence electrons. The first-order valence-corrected chi connectivity index (χ1v) is 6.53. The Balaban J connectivity index is 2.90. The quantitative estimate of drug-likeness (QED) is 0.702. The van der Waals surface area contributed by atoms with Crippen LogP contribution in [0.1, 0.15) is 31.0 Å². The van der Waals surface area contributed by atoms with Crippen LogP contribution in [-0.2, 0) is 0 Å². The maximum Gasteiger partial charge on any atom is 0.148 e. The second-order valence-electron chi connectivity index (χ2n) is 4.40. The van der Waals surface area contributed by atoms with Crippen molar-refractivity contribution in [3.8, 4) is 0 Å². The van der Waals surface area contributed by atoms with Crippen LogP contribution < -0.4 is 0 Å². The highest BCUT2D eigenvalue weighted by molar-refractivity contribution is 9.10. The Morgan fingerprint density at radius 3 is 2.59 bits per heavy atom. The average Bonchev–Trinajstić information content (AvgIpc) is 2.25. The summed E-state index contributed by atoms with van der Waals surface area (Å²) < 4.78 is 14.4. The molecular formula is C13H12BrClFN. The molecule has 4 heteroatoms. The molecule has 0 radical (unpaired) electrons. The minimum atomic E-state index is -0.349. The molecule has 0 atom stereocenters. The Kier molecular flexibility index (Phi) is 3.41. The summed E-state index contributed by atoms with van der Waals surface area (Å²) in [4.78, 5) is 4.49. The van der Waals surface area contributed by atoms with Crippen molar-refractivity contribution in [1.29, 1.82) is 0 Å². The summed E-state index contributed by atoms with van der Waals surface area (Å²) in [5.74, 6) is -0.0820. The van der Waals surface area contributed by atoms with E-state index in [2.05, 4.69) is 20.9 Å². The molecule has 0 saturated carbocycles. The number of aromatic nitrogens is 1. The second-order valence-corrected chi connectivity index (χ2v) is 5.66. The van der Waals surface area contributed by atoms with Crippen molar-refractivity contribution < 1.29 is 4.39 Å². The fraction of sp³-hybridized carbons (Fsp3) is 0.308. The van der Waals surface area contributed by atoms with Crippen LogP contribution in [0.3, 0.4) is 0 Å². The Morgan fingerprint density at radius 2 is 2.00 bits per heavy atom. The zero-order chi connectivity index (χ0) is 12.7. The number of pyridine rings is 1. The standard InChI is InChI=1S/C13H12BrClFN/c1-6(2)10-5-9(15)11-12(16)8(14)4-7(3)13(11)17-10/h4-6H,1-3H3.